The van der Waals surface area contributed by atoms with Crippen molar-refractivity contribution in [1.82, 2.24) is 9.55 Å². The van der Waals surface area contributed by atoms with Crippen LogP contribution in [0, 0.1) is 11.2 Å². The Morgan fingerprint density at radius 2 is 2.13 bits per heavy atom. The van der Waals surface area contributed by atoms with Crippen LogP contribution in [0.2, 0.25) is 0 Å². The number of anilines is 1. The highest BCUT2D eigenvalue weighted by Crippen LogP contribution is 2.40. The molecule has 0 spiro atoms. The summed E-state index contributed by atoms with van der Waals surface area (Å²) in [5, 5.41) is 9.38. The molecule has 0 bridgehead atoms. The molecule has 9 heteroatoms. The zero-order chi connectivity index (χ0) is 21.8. The molecule has 2 aliphatic rings. The fourth-order valence-electron chi connectivity index (χ4n) is 4.29. The minimum atomic E-state index is -1.32. The zero-order valence-corrected chi connectivity index (χ0v) is 18.5. The van der Waals surface area contributed by atoms with Crippen LogP contribution in [-0.2, 0) is 0 Å². The number of aromatic carboxylic acids is 1. The molecule has 2 aromatic heterocycles. The number of carbonyl (C=O) groups is 1. The second-order valence-electron chi connectivity index (χ2n) is 8.62. The first-order valence-electron chi connectivity index (χ1n) is 9.95. The predicted molar refractivity (Wildman–Crippen MR) is 117 cm³/mol. The summed E-state index contributed by atoms with van der Waals surface area (Å²) < 4.78 is 17.8. The van der Waals surface area contributed by atoms with Crippen molar-refractivity contribution in [2.75, 3.05) is 24.5 Å². The van der Waals surface area contributed by atoms with Crippen LogP contribution in [0.3, 0.4) is 0 Å². The number of pyridine rings is 2. The second kappa shape index (κ2) is 7.46. The number of halogens is 2. The van der Waals surface area contributed by atoms with Gasteiger partial charge in [-0.15, -0.1) is 0 Å². The van der Waals surface area contributed by atoms with Gasteiger partial charge in [0, 0.05) is 41.8 Å². The minimum absolute atomic E-state index is 0.00535. The topological polar surface area (TPSA) is 101 Å². The third kappa shape index (κ3) is 3.54. The molecule has 7 nitrogen and oxygen atoms in total. The molecular formula is C21H24BrFN4O3. The van der Waals surface area contributed by atoms with Gasteiger partial charge in [-0.2, -0.15) is 0 Å². The molecule has 3 N–H and O–H groups in total. The zero-order valence-electron chi connectivity index (χ0n) is 16.9. The van der Waals surface area contributed by atoms with Gasteiger partial charge in [0.1, 0.15) is 11.2 Å². The fraction of sp³-hybridized carbons (Fsp3) is 0.476. The van der Waals surface area contributed by atoms with Gasteiger partial charge >= 0.3 is 5.97 Å². The Labute approximate surface area is 181 Å². The first-order valence-corrected chi connectivity index (χ1v) is 10.7. The Hall–Kier alpha value is -2.26. The summed E-state index contributed by atoms with van der Waals surface area (Å²) in [5.41, 5.74) is 6.04. The number of hydrogen-bond acceptors (Lipinski definition) is 5. The van der Waals surface area contributed by atoms with Crippen molar-refractivity contribution < 1.29 is 14.3 Å². The molecule has 4 rings (SSSR count). The van der Waals surface area contributed by atoms with Crippen molar-refractivity contribution in [2.45, 2.75) is 39.2 Å². The van der Waals surface area contributed by atoms with Crippen molar-refractivity contribution in [2.24, 2.45) is 11.1 Å². The molecule has 0 unspecified atom stereocenters. The van der Waals surface area contributed by atoms with Crippen molar-refractivity contribution in [3.05, 3.63) is 43.9 Å². The molecule has 0 aromatic carbocycles. The van der Waals surface area contributed by atoms with Gasteiger partial charge < -0.3 is 20.3 Å². The highest BCUT2D eigenvalue weighted by molar-refractivity contribution is 9.11. The van der Waals surface area contributed by atoms with Gasteiger partial charge in [0.2, 0.25) is 5.43 Å². The molecule has 2 aromatic rings. The molecule has 3 heterocycles. The molecule has 160 valence electrons. The number of aromatic nitrogens is 2. The van der Waals surface area contributed by atoms with E-state index in [2.05, 4.69) is 34.8 Å². The van der Waals surface area contributed by atoms with E-state index in [-0.39, 0.29) is 28.2 Å². The monoisotopic (exact) mass is 478 g/mol. The quantitative estimate of drug-likeness (QED) is 0.697. The number of hydrogen-bond donors (Lipinski definition) is 2. The molecule has 2 fully saturated rings. The predicted octanol–water partition coefficient (Wildman–Crippen LogP) is 3.41. The number of carboxylic acid groups (broad SMARTS) is 1. The largest absolute Gasteiger partial charge is 0.477 e. The summed E-state index contributed by atoms with van der Waals surface area (Å²) in [5.74, 6) is -1.75. The fourth-order valence-corrected chi connectivity index (χ4v) is 5.02. The number of piperidine rings is 1. The Morgan fingerprint density at radius 1 is 1.43 bits per heavy atom. The van der Waals surface area contributed by atoms with E-state index < -0.39 is 17.2 Å². The van der Waals surface area contributed by atoms with E-state index in [1.54, 1.807) is 4.57 Å². The third-order valence-corrected chi connectivity index (χ3v) is 6.75. The van der Waals surface area contributed by atoms with Crippen LogP contribution in [-0.4, -0.2) is 40.3 Å². The molecule has 1 saturated heterocycles. The molecule has 0 atom stereocenters. The lowest BCUT2D eigenvalue weighted by Gasteiger charge is -2.41. The molecule has 0 radical (unpaired) electrons. The van der Waals surface area contributed by atoms with Crippen LogP contribution < -0.4 is 16.1 Å². The van der Waals surface area contributed by atoms with Crippen molar-refractivity contribution >= 4 is 38.8 Å². The summed E-state index contributed by atoms with van der Waals surface area (Å²) in [4.78, 5) is 30.5. The Morgan fingerprint density at radius 3 is 2.70 bits per heavy atom. The third-order valence-electron chi connectivity index (χ3n) is 5.95. The number of nitrogens with zero attached hydrogens (tertiary/aromatic N) is 3. The van der Waals surface area contributed by atoms with Gasteiger partial charge in [-0.3, -0.25) is 4.79 Å². The van der Waals surface area contributed by atoms with Crippen LogP contribution in [0.5, 0.6) is 0 Å². The van der Waals surface area contributed by atoms with E-state index in [1.165, 1.54) is 11.8 Å². The molecule has 30 heavy (non-hydrogen) atoms. The maximum Gasteiger partial charge on any atom is 0.341 e. The highest BCUT2D eigenvalue weighted by Gasteiger charge is 2.35. The van der Waals surface area contributed by atoms with Gasteiger partial charge in [0.05, 0.1) is 5.39 Å². The molecule has 1 aliphatic carbocycles. The average molecular weight is 479 g/mol. The standard InChI is InChI=1S/C21H24BrFN4O3/c1-21(2)10-26(6-5-14(21)15(22)8-24)19-16(23)7-12-17(28)13(20(29)30)9-27(11-3-4-11)18(12)25-19/h7,9,11H,3-6,8,10,24H2,1-2H3,(H,29,30). The Kier molecular flexibility index (Phi) is 5.22. The lowest BCUT2D eigenvalue weighted by atomic mass is 9.78. The lowest BCUT2D eigenvalue weighted by Crippen LogP contribution is -2.43. The molecule has 1 aliphatic heterocycles. The molecular weight excluding hydrogens is 455 g/mol. The maximum absolute atomic E-state index is 15.1. The van der Waals surface area contributed by atoms with Crippen LogP contribution in [0.4, 0.5) is 10.2 Å². The summed E-state index contributed by atoms with van der Waals surface area (Å²) in [7, 11) is 0. The van der Waals surface area contributed by atoms with E-state index in [0.717, 1.165) is 29.8 Å². The van der Waals surface area contributed by atoms with Crippen LogP contribution in [0.15, 0.2) is 27.1 Å². The van der Waals surface area contributed by atoms with Gasteiger partial charge in [-0.1, -0.05) is 29.8 Å². The first kappa shape index (κ1) is 21.0. The number of fused-ring (bicyclic) bond motifs is 1. The van der Waals surface area contributed by atoms with Gasteiger partial charge in [0.25, 0.3) is 0 Å². The van der Waals surface area contributed by atoms with Gasteiger partial charge in [-0.05, 0) is 30.9 Å². The highest BCUT2D eigenvalue weighted by atomic mass is 79.9. The number of nitrogens with two attached hydrogens (primary N) is 1. The van der Waals surface area contributed by atoms with Crippen molar-refractivity contribution in [3.63, 3.8) is 0 Å². The van der Waals surface area contributed by atoms with Gasteiger partial charge in [0.15, 0.2) is 11.6 Å². The van der Waals surface area contributed by atoms with E-state index in [1.807, 2.05) is 4.90 Å². The lowest BCUT2D eigenvalue weighted by molar-refractivity contribution is 0.0695. The molecule has 1 saturated carbocycles. The normalized spacial score (nSPS) is 20.5. The smallest absolute Gasteiger partial charge is 0.341 e. The van der Waals surface area contributed by atoms with Crippen molar-refractivity contribution in [1.29, 1.82) is 0 Å². The maximum atomic E-state index is 15.1. The summed E-state index contributed by atoms with van der Waals surface area (Å²) in [6, 6.07) is 1.23. The van der Waals surface area contributed by atoms with E-state index in [0.29, 0.717) is 25.3 Å². The minimum Gasteiger partial charge on any atom is -0.477 e. The average Bonchev–Trinajstić information content (AvgIpc) is 3.51. The SMILES string of the molecule is CC1(C)CN(c2nc3c(cc2F)c(=O)c(C(=O)O)cn3C2CC2)CCC1=C(Br)CN. The summed E-state index contributed by atoms with van der Waals surface area (Å²) >= 11 is 3.56. The summed E-state index contributed by atoms with van der Waals surface area (Å²) in [6.07, 6.45) is 3.82. The van der Waals surface area contributed by atoms with E-state index >= 15 is 4.39 Å². The van der Waals surface area contributed by atoms with Gasteiger partial charge in [-0.25, -0.2) is 14.2 Å². The van der Waals surface area contributed by atoms with E-state index in [4.69, 9.17) is 5.73 Å². The number of rotatable bonds is 4. The first-order chi connectivity index (χ1) is 14.1. The molecule has 0 amide bonds. The van der Waals surface area contributed by atoms with Crippen LogP contribution in [0.1, 0.15) is 49.5 Å². The van der Waals surface area contributed by atoms with Crippen LogP contribution >= 0.6 is 15.9 Å². The van der Waals surface area contributed by atoms with E-state index in [9.17, 15) is 14.7 Å². The number of carboxylic acids is 1. The summed E-state index contributed by atoms with van der Waals surface area (Å²) in [6.45, 7) is 5.71. The Balaban J connectivity index is 1.83. The second-order valence-corrected chi connectivity index (χ2v) is 9.58. The van der Waals surface area contributed by atoms with Crippen LogP contribution in [0.25, 0.3) is 11.0 Å². The van der Waals surface area contributed by atoms with Crippen molar-refractivity contribution in [3.8, 4) is 0 Å². The Bertz CT molecular complexity index is 1140.